The molecule has 1 aliphatic heterocycles. The van der Waals surface area contributed by atoms with Crippen molar-refractivity contribution in [3.05, 3.63) is 41.7 Å². The molecule has 2 atom stereocenters. The first-order valence-electron chi connectivity index (χ1n) is 9.67. The van der Waals surface area contributed by atoms with Crippen LogP contribution in [-0.4, -0.2) is 28.3 Å². The molecule has 1 aromatic rings. The smallest absolute Gasteiger partial charge is 0.306 e. The van der Waals surface area contributed by atoms with E-state index in [1.54, 1.807) is 0 Å². The molecule has 0 radical (unpaired) electrons. The number of ether oxygens (including phenoxy) is 1. The Hall–Kier alpha value is -2.12. The van der Waals surface area contributed by atoms with Crippen molar-refractivity contribution in [2.75, 3.05) is 0 Å². The lowest BCUT2D eigenvalue weighted by molar-refractivity contribution is -0.153. The lowest BCUT2D eigenvalue weighted by Crippen LogP contribution is -2.25. The van der Waals surface area contributed by atoms with E-state index in [1.165, 1.54) is 19.3 Å². The summed E-state index contributed by atoms with van der Waals surface area (Å²) in [6.45, 7) is 2.19. The van der Waals surface area contributed by atoms with E-state index in [1.807, 2.05) is 24.3 Å². The van der Waals surface area contributed by atoms with Gasteiger partial charge in [-0.2, -0.15) is 0 Å². The molecule has 2 rings (SSSR count). The summed E-state index contributed by atoms with van der Waals surface area (Å²) < 4.78 is 5.35. The van der Waals surface area contributed by atoms with E-state index < -0.39 is 6.10 Å². The van der Waals surface area contributed by atoms with Crippen LogP contribution in [0.5, 0.6) is 0 Å². The number of rotatable bonds is 8. The second kappa shape index (κ2) is 11.5. The molecule has 2 unspecified atom stereocenters. The largest absolute Gasteiger partial charge is 0.462 e. The zero-order chi connectivity index (χ0) is 18.6. The lowest BCUT2D eigenvalue weighted by Gasteiger charge is -2.21. The van der Waals surface area contributed by atoms with Crippen LogP contribution in [0.2, 0.25) is 0 Å². The molecule has 0 bridgehead atoms. The summed E-state index contributed by atoms with van der Waals surface area (Å²) in [5, 5.41) is 9.96. The maximum absolute atomic E-state index is 11.4. The fraction of sp³-hybridized carbons (Fsp3) is 0.545. The number of aliphatic hydroxyl groups is 1. The quantitative estimate of drug-likeness (QED) is 0.332. The third-order valence-electron chi connectivity index (χ3n) is 4.32. The van der Waals surface area contributed by atoms with Crippen molar-refractivity contribution in [2.24, 2.45) is 0 Å². The van der Waals surface area contributed by atoms with Crippen LogP contribution in [0.4, 0.5) is 0 Å². The number of esters is 1. The first-order valence-corrected chi connectivity index (χ1v) is 9.67. The van der Waals surface area contributed by atoms with Gasteiger partial charge in [-0.25, -0.2) is 4.98 Å². The monoisotopic (exact) mass is 355 g/mol. The van der Waals surface area contributed by atoms with Crippen molar-refractivity contribution in [2.45, 2.75) is 76.9 Å². The van der Waals surface area contributed by atoms with Crippen molar-refractivity contribution in [1.29, 1.82) is 0 Å². The average molecular weight is 355 g/mol. The van der Waals surface area contributed by atoms with E-state index in [2.05, 4.69) is 29.8 Å². The SMILES string of the molecule is CCCCCC=CCC(O)C#Cc1cccc(CC2CCCC(=O)O2)n1. The minimum atomic E-state index is -0.679. The number of allylic oxidation sites excluding steroid dienone is 1. The number of carbonyl (C=O) groups is 1. The fourth-order valence-electron chi connectivity index (χ4n) is 2.89. The highest BCUT2D eigenvalue weighted by Crippen LogP contribution is 2.17. The van der Waals surface area contributed by atoms with E-state index in [0.717, 1.165) is 25.0 Å². The van der Waals surface area contributed by atoms with Gasteiger partial charge in [-0.15, -0.1) is 0 Å². The van der Waals surface area contributed by atoms with Gasteiger partial charge in [0.25, 0.3) is 0 Å². The van der Waals surface area contributed by atoms with Crippen LogP contribution < -0.4 is 0 Å². The van der Waals surface area contributed by atoms with Crippen LogP contribution in [0, 0.1) is 11.8 Å². The fourth-order valence-corrected chi connectivity index (χ4v) is 2.89. The van der Waals surface area contributed by atoms with Crippen molar-refractivity contribution in [3.63, 3.8) is 0 Å². The van der Waals surface area contributed by atoms with E-state index in [-0.39, 0.29) is 12.1 Å². The molecule has 0 aliphatic carbocycles. The highest BCUT2D eigenvalue weighted by Gasteiger charge is 2.20. The topological polar surface area (TPSA) is 59.4 Å². The van der Waals surface area contributed by atoms with E-state index >= 15 is 0 Å². The number of unbranched alkanes of at least 4 members (excludes halogenated alkanes) is 3. The van der Waals surface area contributed by atoms with E-state index in [4.69, 9.17) is 4.74 Å². The van der Waals surface area contributed by atoms with Gasteiger partial charge in [0.1, 0.15) is 17.9 Å². The molecule has 0 amide bonds. The number of pyridine rings is 1. The summed E-state index contributed by atoms with van der Waals surface area (Å²) in [5.41, 5.74) is 1.50. The van der Waals surface area contributed by atoms with Crippen LogP contribution in [-0.2, 0) is 16.0 Å². The zero-order valence-electron chi connectivity index (χ0n) is 15.6. The summed E-state index contributed by atoms with van der Waals surface area (Å²) in [7, 11) is 0. The second-order valence-corrected chi connectivity index (χ2v) is 6.71. The Morgan fingerprint density at radius 2 is 2.27 bits per heavy atom. The molecule has 4 nitrogen and oxygen atoms in total. The minimum absolute atomic E-state index is 0.0876. The molecule has 1 aromatic heterocycles. The van der Waals surface area contributed by atoms with Gasteiger partial charge in [0.05, 0.1) is 0 Å². The Labute approximate surface area is 156 Å². The average Bonchev–Trinajstić information content (AvgIpc) is 2.63. The Morgan fingerprint density at radius 1 is 1.38 bits per heavy atom. The third kappa shape index (κ3) is 7.84. The molecule has 0 aromatic carbocycles. The third-order valence-corrected chi connectivity index (χ3v) is 4.32. The van der Waals surface area contributed by atoms with Gasteiger partial charge in [0, 0.05) is 25.0 Å². The molecule has 2 heterocycles. The highest BCUT2D eigenvalue weighted by atomic mass is 16.5. The number of aromatic nitrogens is 1. The normalized spacial score (nSPS) is 18.2. The second-order valence-electron chi connectivity index (χ2n) is 6.71. The van der Waals surface area contributed by atoms with Gasteiger partial charge in [0.2, 0.25) is 0 Å². The Balaban J connectivity index is 1.82. The summed E-state index contributed by atoms with van der Waals surface area (Å²) in [6.07, 6.45) is 11.5. The number of carbonyl (C=O) groups excluding carboxylic acids is 1. The molecular weight excluding hydrogens is 326 g/mol. The Bertz CT molecular complexity index is 657. The molecule has 1 N–H and O–H groups in total. The van der Waals surface area contributed by atoms with Crippen molar-refractivity contribution >= 4 is 5.97 Å². The molecule has 1 saturated heterocycles. The van der Waals surface area contributed by atoms with Crippen molar-refractivity contribution < 1.29 is 14.6 Å². The van der Waals surface area contributed by atoms with Crippen LogP contribution in [0.1, 0.15) is 69.7 Å². The number of hydrogen-bond acceptors (Lipinski definition) is 4. The predicted octanol–water partition coefficient (Wildman–Crippen LogP) is 3.96. The van der Waals surface area contributed by atoms with Gasteiger partial charge in [-0.05, 0) is 43.7 Å². The van der Waals surface area contributed by atoms with Gasteiger partial charge in [-0.3, -0.25) is 4.79 Å². The summed E-state index contributed by atoms with van der Waals surface area (Å²) >= 11 is 0. The molecule has 0 spiro atoms. The van der Waals surface area contributed by atoms with E-state index in [9.17, 15) is 9.90 Å². The molecule has 140 valence electrons. The molecule has 26 heavy (non-hydrogen) atoms. The molecule has 1 fully saturated rings. The van der Waals surface area contributed by atoms with Gasteiger partial charge in [0.15, 0.2) is 0 Å². The summed E-state index contributed by atoms with van der Waals surface area (Å²) in [6, 6.07) is 5.65. The van der Waals surface area contributed by atoms with Crippen molar-refractivity contribution in [3.8, 4) is 11.8 Å². The number of hydrogen-bond donors (Lipinski definition) is 1. The first-order chi connectivity index (χ1) is 12.7. The summed E-state index contributed by atoms with van der Waals surface area (Å²) in [4.78, 5) is 15.9. The number of nitrogens with zero attached hydrogens (tertiary/aromatic N) is 1. The highest BCUT2D eigenvalue weighted by molar-refractivity contribution is 5.70. The maximum atomic E-state index is 11.4. The van der Waals surface area contributed by atoms with Gasteiger partial charge >= 0.3 is 5.97 Å². The van der Waals surface area contributed by atoms with Crippen molar-refractivity contribution in [1.82, 2.24) is 4.98 Å². The molecule has 0 saturated carbocycles. The number of cyclic esters (lactones) is 1. The Kier molecular flexibility index (Phi) is 8.92. The molecular formula is C22H29NO3. The minimum Gasteiger partial charge on any atom is -0.462 e. The van der Waals surface area contributed by atoms with Crippen LogP contribution >= 0.6 is 0 Å². The maximum Gasteiger partial charge on any atom is 0.306 e. The van der Waals surface area contributed by atoms with Gasteiger partial charge in [-0.1, -0.05) is 43.9 Å². The van der Waals surface area contributed by atoms with Crippen LogP contribution in [0.25, 0.3) is 0 Å². The van der Waals surface area contributed by atoms with E-state index in [0.29, 0.717) is 25.0 Å². The summed E-state index contributed by atoms with van der Waals surface area (Å²) in [5.74, 6) is 5.66. The standard InChI is InChI=1S/C22H29NO3/c1-2-3-4-5-6-7-12-20(24)16-15-18-10-8-11-19(23-18)17-21-13-9-14-22(25)26-21/h6-8,10-11,20-21,24H,2-5,9,12-14,17H2,1H3. The number of aliphatic hydroxyl groups excluding tert-OH is 1. The van der Waals surface area contributed by atoms with Crippen LogP contribution in [0.15, 0.2) is 30.4 Å². The Morgan fingerprint density at radius 3 is 3.08 bits per heavy atom. The predicted molar refractivity (Wildman–Crippen MR) is 102 cm³/mol. The zero-order valence-corrected chi connectivity index (χ0v) is 15.6. The first kappa shape index (κ1) is 20.2. The lowest BCUT2D eigenvalue weighted by atomic mass is 10.0. The molecule has 4 heteroatoms. The van der Waals surface area contributed by atoms with Crippen LogP contribution in [0.3, 0.4) is 0 Å². The van der Waals surface area contributed by atoms with Gasteiger partial charge < -0.3 is 9.84 Å². The molecule has 1 aliphatic rings.